The lowest BCUT2D eigenvalue weighted by molar-refractivity contribution is -0.142. The summed E-state index contributed by atoms with van der Waals surface area (Å²) < 4.78 is 32.8. The molecule has 0 atom stereocenters. The number of esters is 1. The van der Waals surface area contributed by atoms with Crippen LogP contribution in [0.1, 0.15) is 12.5 Å². The van der Waals surface area contributed by atoms with E-state index in [0.29, 0.717) is 13.2 Å². The van der Waals surface area contributed by atoms with Gasteiger partial charge in [-0.2, -0.15) is 8.78 Å². The molecule has 0 aliphatic rings. The molecule has 0 radical (unpaired) electrons. The van der Waals surface area contributed by atoms with Gasteiger partial charge in [0.2, 0.25) is 0 Å². The van der Waals surface area contributed by atoms with Crippen LogP contribution in [0.2, 0.25) is 0 Å². The Balaban J connectivity index is 2.33. The van der Waals surface area contributed by atoms with Crippen LogP contribution in [0.15, 0.2) is 24.3 Å². The van der Waals surface area contributed by atoms with Crippen molar-refractivity contribution in [3.63, 3.8) is 0 Å². The van der Waals surface area contributed by atoms with E-state index in [1.54, 1.807) is 19.1 Å². The molecular formula is C12H15F2NO3. The van der Waals surface area contributed by atoms with Crippen molar-refractivity contribution in [2.24, 2.45) is 0 Å². The first-order chi connectivity index (χ1) is 8.61. The first kappa shape index (κ1) is 14.4. The van der Waals surface area contributed by atoms with Gasteiger partial charge in [0.15, 0.2) is 0 Å². The van der Waals surface area contributed by atoms with Gasteiger partial charge in [0.1, 0.15) is 5.75 Å². The molecule has 4 nitrogen and oxygen atoms in total. The first-order valence-electron chi connectivity index (χ1n) is 5.52. The molecule has 0 aromatic heterocycles. The maximum Gasteiger partial charge on any atom is 0.387 e. The van der Waals surface area contributed by atoms with Crippen LogP contribution in [0.4, 0.5) is 8.78 Å². The molecule has 1 rings (SSSR count). The Morgan fingerprint density at radius 1 is 1.33 bits per heavy atom. The van der Waals surface area contributed by atoms with Crippen molar-refractivity contribution in [2.75, 3.05) is 13.2 Å². The van der Waals surface area contributed by atoms with Crippen molar-refractivity contribution in [3.05, 3.63) is 29.8 Å². The number of nitrogens with one attached hydrogen (secondary N) is 1. The number of hydrogen-bond donors (Lipinski definition) is 1. The molecule has 0 aliphatic heterocycles. The van der Waals surface area contributed by atoms with Crippen LogP contribution >= 0.6 is 0 Å². The summed E-state index contributed by atoms with van der Waals surface area (Å²) >= 11 is 0. The predicted molar refractivity (Wildman–Crippen MR) is 61.4 cm³/mol. The van der Waals surface area contributed by atoms with Crippen molar-refractivity contribution in [1.82, 2.24) is 5.32 Å². The minimum absolute atomic E-state index is 0.110. The van der Waals surface area contributed by atoms with E-state index in [0.717, 1.165) is 5.56 Å². The smallest absolute Gasteiger partial charge is 0.387 e. The van der Waals surface area contributed by atoms with E-state index in [1.807, 2.05) is 0 Å². The van der Waals surface area contributed by atoms with Gasteiger partial charge in [0.05, 0.1) is 13.2 Å². The maximum atomic E-state index is 11.9. The van der Waals surface area contributed by atoms with Gasteiger partial charge in [0.25, 0.3) is 0 Å². The zero-order valence-corrected chi connectivity index (χ0v) is 9.99. The molecule has 1 aromatic rings. The van der Waals surface area contributed by atoms with Gasteiger partial charge in [0, 0.05) is 6.54 Å². The SMILES string of the molecule is CCOC(=O)CNCc1ccc(OC(F)F)cc1. The lowest BCUT2D eigenvalue weighted by Crippen LogP contribution is -2.24. The lowest BCUT2D eigenvalue weighted by atomic mass is 10.2. The quantitative estimate of drug-likeness (QED) is 0.760. The molecule has 0 saturated carbocycles. The highest BCUT2D eigenvalue weighted by Gasteiger charge is 2.04. The molecule has 100 valence electrons. The number of ether oxygens (including phenoxy) is 2. The van der Waals surface area contributed by atoms with Crippen molar-refractivity contribution < 1.29 is 23.0 Å². The fourth-order valence-electron chi connectivity index (χ4n) is 1.31. The third kappa shape index (κ3) is 5.58. The summed E-state index contributed by atoms with van der Waals surface area (Å²) in [7, 11) is 0. The van der Waals surface area contributed by atoms with Crippen LogP contribution in [0, 0.1) is 0 Å². The normalized spacial score (nSPS) is 10.4. The molecule has 0 spiro atoms. The average Bonchev–Trinajstić information content (AvgIpc) is 2.31. The Hall–Kier alpha value is -1.69. The minimum Gasteiger partial charge on any atom is -0.465 e. The summed E-state index contributed by atoms with van der Waals surface area (Å²) in [4.78, 5) is 11.0. The summed E-state index contributed by atoms with van der Waals surface area (Å²) in [6, 6.07) is 6.20. The van der Waals surface area contributed by atoms with Gasteiger partial charge in [-0.05, 0) is 24.6 Å². The number of rotatable bonds is 7. The second-order valence-electron chi connectivity index (χ2n) is 3.43. The zero-order valence-electron chi connectivity index (χ0n) is 9.99. The van der Waals surface area contributed by atoms with Crippen molar-refractivity contribution in [1.29, 1.82) is 0 Å². The number of halogens is 2. The molecule has 0 unspecified atom stereocenters. The second kappa shape index (κ2) is 7.60. The summed E-state index contributed by atoms with van der Waals surface area (Å²) in [5, 5.41) is 2.88. The summed E-state index contributed by atoms with van der Waals surface area (Å²) in [5.74, 6) is -0.214. The number of alkyl halides is 2. The standard InChI is InChI=1S/C12H15F2NO3/c1-2-17-11(16)8-15-7-9-3-5-10(6-4-9)18-12(13)14/h3-6,12,15H,2,7-8H2,1H3. The van der Waals surface area contributed by atoms with Crippen LogP contribution < -0.4 is 10.1 Å². The molecule has 0 bridgehead atoms. The molecule has 0 fully saturated rings. The van der Waals surface area contributed by atoms with Crippen molar-refractivity contribution in [2.45, 2.75) is 20.1 Å². The van der Waals surface area contributed by atoms with Gasteiger partial charge < -0.3 is 14.8 Å². The Labute approximate surface area is 104 Å². The minimum atomic E-state index is -2.82. The summed E-state index contributed by atoms with van der Waals surface area (Å²) in [6.45, 7) is -0.172. The van der Waals surface area contributed by atoms with Gasteiger partial charge in [-0.3, -0.25) is 4.79 Å². The highest BCUT2D eigenvalue weighted by molar-refractivity contribution is 5.71. The molecule has 0 amide bonds. The molecule has 0 saturated heterocycles. The van der Waals surface area contributed by atoms with E-state index in [9.17, 15) is 13.6 Å². The van der Waals surface area contributed by atoms with E-state index in [4.69, 9.17) is 4.74 Å². The largest absolute Gasteiger partial charge is 0.465 e. The first-order valence-corrected chi connectivity index (χ1v) is 5.52. The summed E-state index contributed by atoms with van der Waals surface area (Å²) in [5.41, 5.74) is 0.862. The van der Waals surface area contributed by atoms with Crippen LogP contribution in [0.5, 0.6) is 5.75 Å². The molecule has 0 aliphatic carbocycles. The van der Waals surface area contributed by atoms with E-state index < -0.39 is 6.61 Å². The molecule has 18 heavy (non-hydrogen) atoms. The number of benzene rings is 1. The third-order valence-corrected chi connectivity index (χ3v) is 2.05. The fourth-order valence-corrected chi connectivity index (χ4v) is 1.31. The molecule has 6 heteroatoms. The third-order valence-electron chi connectivity index (χ3n) is 2.05. The monoisotopic (exact) mass is 259 g/mol. The van der Waals surface area contributed by atoms with E-state index in [2.05, 4.69) is 10.1 Å². The highest BCUT2D eigenvalue weighted by atomic mass is 19.3. The molecule has 1 N–H and O–H groups in total. The molecule has 0 heterocycles. The van der Waals surface area contributed by atoms with Crippen molar-refractivity contribution in [3.8, 4) is 5.75 Å². The van der Waals surface area contributed by atoms with E-state index in [-0.39, 0.29) is 18.3 Å². The zero-order chi connectivity index (χ0) is 13.4. The van der Waals surface area contributed by atoms with Crippen LogP contribution in [0.25, 0.3) is 0 Å². The predicted octanol–water partition coefficient (Wildman–Crippen LogP) is 1.94. The number of hydrogen-bond acceptors (Lipinski definition) is 4. The molecular weight excluding hydrogens is 244 g/mol. The number of carbonyl (C=O) groups excluding carboxylic acids is 1. The molecule has 1 aromatic carbocycles. The Morgan fingerprint density at radius 3 is 2.56 bits per heavy atom. The van der Waals surface area contributed by atoms with Crippen molar-refractivity contribution >= 4 is 5.97 Å². The number of carbonyl (C=O) groups is 1. The van der Waals surface area contributed by atoms with Gasteiger partial charge >= 0.3 is 12.6 Å². The Bertz CT molecular complexity index is 368. The maximum absolute atomic E-state index is 11.9. The lowest BCUT2D eigenvalue weighted by Gasteiger charge is -2.07. The van der Waals surface area contributed by atoms with Gasteiger partial charge in [-0.25, -0.2) is 0 Å². The summed E-state index contributed by atoms with van der Waals surface area (Å²) in [6.07, 6.45) is 0. The highest BCUT2D eigenvalue weighted by Crippen LogP contribution is 2.14. The topological polar surface area (TPSA) is 47.6 Å². The van der Waals surface area contributed by atoms with E-state index in [1.165, 1.54) is 12.1 Å². The average molecular weight is 259 g/mol. The van der Waals surface area contributed by atoms with Gasteiger partial charge in [-0.1, -0.05) is 12.1 Å². The Kier molecular flexibility index (Phi) is 6.07. The Morgan fingerprint density at radius 2 is 2.00 bits per heavy atom. The van der Waals surface area contributed by atoms with Crippen LogP contribution in [0.3, 0.4) is 0 Å². The van der Waals surface area contributed by atoms with Gasteiger partial charge in [-0.15, -0.1) is 0 Å². The van der Waals surface area contributed by atoms with Crippen LogP contribution in [-0.4, -0.2) is 25.7 Å². The van der Waals surface area contributed by atoms with E-state index >= 15 is 0 Å². The second-order valence-corrected chi connectivity index (χ2v) is 3.43. The van der Waals surface area contributed by atoms with Crippen LogP contribution in [-0.2, 0) is 16.1 Å². The fraction of sp³-hybridized carbons (Fsp3) is 0.417.